The Hall–Kier alpha value is -2.65. The minimum absolute atomic E-state index is 0.256. The van der Waals surface area contributed by atoms with E-state index in [1.807, 2.05) is 12.1 Å². The zero-order valence-corrected chi connectivity index (χ0v) is 19.4. The van der Waals surface area contributed by atoms with Gasteiger partial charge in [-0.25, -0.2) is 18.7 Å². The molecule has 2 fully saturated rings. The SMILES string of the molecule is NC1CCC(CCCc2cc(N3CCOCC3)nc(-n3c(C(F)F)nc4ccccc43)n2)CC1. The molecule has 5 rings (SSSR count). The van der Waals surface area contributed by atoms with E-state index in [2.05, 4.69) is 9.88 Å². The highest BCUT2D eigenvalue weighted by atomic mass is 19.3. The zero-order valence-electron chi connectivity index (χ0n) is 19.4. The van der Waals surface area contributed by atoms with Crippen LogP contribution in [0.2, 0.25) is 0 Å². The number of nitrogens with zero attached hydrogens (tertiary/aromatic N) is 5. The van der Waals surface area contributed by atoms with Crippen LogP contribution in [0.3, 0.4) is 0 Å². The minimum atomic E-state index is -2.73. The maximum Gasteiger partial charge on any atom is 0.296 e. The van der Waals surface area contributed by atoms with Gasteiger partial charge < -0.3 is 15.4 Å². The highest BCUT2D eigenvalue weighted by Gasteiger charge is 2.24. The summed E-state index contributed by atoms with van der Waals surface area (Å²) >= 11 is 0. The first-order valence-electron chi connectivity index (χ1n) is 12.3. The van der Waals surface area contributed by atoms with Crippen LogP contribution >= 0.6 is 0 Å². The van der Waals surface area contributed by atoms with Gasteiger partial charge in [-0.1, -0.05) is 18.6 Å². The summed E-state index contributed by atoms with van der Waals surface area (Å²) in [5.74, 6) is 1.39. The molecule has 2 N–H and O–H groups in total. The lowest BCUT2D eigenvalue weighted by Crippen LogP contribution is -2.37. The Kier molecular flexibility index (Phi) is 7.01. The Balaban J connectivity index is 1.46. The van der Waals surface area contributed by atoms with Gasteiger partial charge in [-0.05, 0) is 56.6 Å². The van der Waals surface area contributed by atoms with Crippen molar-refractivity contribution in [2.75, 3.05) is 31.2 Å². The topological polar surface area (TPSA) is 82.1 Å². The van der Waals surface area contributed by atoms with E-state index >= 15 is 0 Å². The number of para-hydroxylation sites is 2. The van der Waals surface area contributed by atoms with Crippen molar-refractivity contribution in [3.63, 3.8) is 0 Å². The van der Waals surface area contributed by atoms with Gasteiger partial charge in [0.1, 0.15) is 5.82 Å². The lowest BCUT2D eigenvalue weighted by atomic mass is 9.83. The second-order valence-corrected chi connectivity index (χ2v) is 9.38. The maximum absolute atomic E-state index is 14.0. The van der Waals surface area contributed by atoms with E-state index in [0.717, 1.165) is 43.6 Å². The normalized spacial score (nSPS) is 21.5. The zero-order chi connectivity index (χ0) is 23.5. The summed E-state index contributed by atoms with van der Waals surface area (Å²) < 4.78 is 34.8. The van der Waals surface area contributed by atoms with Gasteiger partial charge in [0, 0.05) is 30.9 Å². The van der Waals surface area contributed by atoms with Crippen LogP contribution in [-0.2, 0) is 11.2 Å². The molecule has 0 radical (unpaired) electrons. The summed E-state index contributed by atoms with van der Waals surface area (Å²) in [5.41, 5.74) is 8.02. The number of alkyl halides is 2. The third-order valence-electron chi connectivity index (χ3n) is 7.01. The predicted molar refractivity (Wildman–Crippen MR) is 128 cm³/mol. The molecule has 2 aliphatic rings. The molecule has 0 atom stereocenters. The molecule has 3 heterocycles. The summed E-state index contributed by atoms with van der Waals surface area (Å²) in [6.07, 6.45) is 4.78. The molecule has 182 valence electrons. The number of aromatic nitrogens is 4. The van der Waals surface area contributed by atoms with Crippen molar-refractivity contribution in [2.24, 2.45) is 11.7 Å². The number of benzene rings is 1. The molecule has 3 aromatic rings. The van der Waals surface area contributed by atoms with Gasteiger partial charge in [-0.3, -0.25) is 4.57 Å². The van der Waals surface area contributed by atoms with Crippen LogP contribution in [0.4, 0.5) is 14.6 Å². The van der Waals surface area contributed by atoms with E-state index in [-0.39, 0.29) is 11.8 Å². The van der Waals surface area contributed by atoms with Crippen LogP contribution in [0, 0.1) is 5.92 Å². The monoisotopic (exact) mass is 470 g/mol. The molecular formula is C25H32F2N6O. The third-order valence-corrected chi connectivity index (χ3v) is 7.01. The Labute approximate surface area is 198 Å². The fraction of sp³-hybridized carbons (Fsp3) is 0.560. The molecule has 1 aromatic carbocycles. The second kappa shape index (κ2) is 10.3. The number of anilines is 1. The van der Waals surface area contributed by atoms with Crippen LogP contribution in [0.1, 0.15) is 56.5 Å². The van der Waals surface area contributed by atoms with Crippen LogP contribution in [0.5, 0.6) is 0 Å². The first-order valence-corrected chi connectivity index (χ1v) is 12.3. The van der Waals surface area contributed by atoms with Gasteiger partial charge in [0.25, 0.3) is 6.43 Å². The van der Waals surface area contributed by atoms with Gasteiger partial charge in [0.15, 0.2) is 5.82 Å². The summed E-state index contributed by atoms with van der Waals surface area (Å²) in [7, 11) is 0. The summed E-state index contributed by atoms with van der Waals surface area (Å²) in [6.45, 7) is 2.67. The average molecular weight is 471 g/mol. The van der Waals surface area contributed by atoms with Crippen LogP contribution in [-0.4, -0.2) is 51.9 Å². The number of halogens is 2. The number of rotatable bonds is 7. The fourth-order valence-corrected chi connectivity index (χ4v) is 5.10. The molecule has 0 spiro atoms. The van der Waals surface area contributed by atoms with E-state index in [0.29, 0.717) is 49.3 Å². The minimum Gasteiger partial charge on any atom is -0.378 e. The number of hydrogen-bond acceptors (Lipinski definition) is 6. The van der Waals surface area contributed by atoms with Crippen LogP contribution in [0.25, 0.3) is 17.0 Å². The van der Waals surface area contributed by atoms with E-state index in [9.17, 15) is 8.78 Å². The number of fused-ring (bicyclic) bond motifs is 1. The lowest BCUT2D eigenvalue weighted by Gasteiger charge is -2.28. The van der Waals surface area contributed by atoms with Gasteiger partial charge in [0.05, 0.1) is 24.2 Å². The maximum atomic E-state index is 14.0. The van der Waals surface area contributed by atoms with Crippen molar-refractivity contribution in [2.45, 2.75) is 57.4 Å². The molecule has 0 unspecified atom stereocenters. The molecule has 34 heavy (non-hydrogen) atoms. The largest absolute Gasteiger partial charge is 0.378 e. The van der Waals surface area contributed by atoms with Crippen molar-refractivity contribution in [1.82, 2.24) is 19.5 Å². The lowest BCUT2D eigenvalue weighted by molar-refractivity contribution is 0.122. The number of imidazole rings is 1. The Bertz CT molecular complexity index is 1110. The Morgan fingerprint density at radius 2 is 1.79 bits per heavy atom. The van der Waals surface area contributed by atoms with Crippen molar-refractivity contribution >= 4 is 16.9 Å². The number of hydrogen-bond donors (Lipinski definition) is 1. The van der Waals surface area contributed by atoms with E-state index in [1.54, 1.807) is 18.2 Å². The van der Waals surface area contributed by atoms with E-state index < -0.39 is 6.43 Å². The van der Waals surface area contributed by atoms with Gasteiger partial charge in [0.2, 0.25) is 5.95 Å². The molecule has 2 aromatic heterocycles. The standard InChI is InChI=1S/C25H32F2N6O/c26-23(27)24-30-20-6-1-2-7-21(20)33(24)25-29-19(5-3-4-17-8-10-18(28)11-9-17)16-22(31-25)32-12-14-34-15-13-32/h1-2,6-7,16-18,23H,3-5,8-15,28H2. The quantitative estimate of drug-likeness (QED) is 0.550. The highest BCUT2D eigenvalue weighted by molar-refractivity contribution is 5.77. The molecule has 1 aliphatic carbocycles. The van der Waals surface area contributed by atoms with Crippen LogP contribution in [0.15, 0.2) is 30.3 Å². The molecule has 1 saturated heterocycles. The third kappa shape index (κ3) is 5.05. The average Bonchev–Trinajstić information content (AvgIpc) is 3.26. The van der Waals surface area contributed by atoms with Gasteiger partial charge in [-0.15, -0.1) is 0 Å². The Morgan fingerprint density at radius 3 is 2.56 bits per heavy atom. The number of aryl methyl sites for hydroxylation is 1. The van der Waals surface area contributed by atoms with Crippen molar-refractivity contribution in [3.05, 3.63) is 41.9 Å². The smallest absolute Gasteiger partial charge is 0.296 e. The molecular weight excluding hydrogens is 438 g/mol. The molecule has 0 amide bonds. The van der Waals surface area contributed by atoms with Crippen molar-refractivity contribution in [3.8, 4) is 5.95 Å². The summed E-state index contributed by atoms with van der Waals surface area (Å²) in [6, 6.07) is 9.49. The number of morpholine rings is 1. The predicted octanol–water partition coefficient (Wildman–Crippen LogP) is 4.43. The van der Waals surface area contributed by atoms with E-state index in [4.69, 9.17) is 20.4 Å². The Morgan fingerprint density at radius 1 is 1.03 bits per heavy atom. The van der Waals surface area contributed by atoms with Crippen molar-refractivity contribution < 1.29 is 13.5 Å². The second-order valence-electron chi connectivity index (χ2n) is 9.38. The first kappa shape index (κ1) is 23.1. The summed E-state index contributed by atoms with van der Waals surface area (Å²) in [5, 5.41) is 0. The molecule has 1 aliphatic heterocycles. The molecule has 7 nitrogen and oxygen atoms in total. The highest BCUT2D eigenvalue weighted by Crippen LogP contribution is 2.30. The fourth-order valence-electron chi connectivity index (χ4n) is 5.10. The molecule has 0 bridgehead atoms. The van der Waals surface area contributed by atoms with Gasteiger partial charge >= 0.3 is 0 Å². The molecule has 1 saturated carbocycles. The van der Waals surface area contributed by atoms with Crippen LogP contribution < -0.4 is 10.6 Å². The van der Waals surface area contributed by atoms with E-state index in [1.165, 1.54) is 17.4 Å². The van der Waals surface area contributed by atoms with Crippen molar-refractivity contribution in [1.29, 1.82) is 0 Å². The summed E-state index contributed by atoms with van der Waals surface area (Å²) in [4.78, 5) is 15.8. The number of nitrogens with two attached hydrogens (primary N) is 1. The molecule has 9 heteroatoms. The first-order chi connectivity index (χ1) is 16.6. The number of ether oxygens (including phenoxy) is 1. The van der Waals surface area contributed by atoms with Gasteiger partial charge in [-0.2, -0.15) is 4.98 Å².